The second-order valence-electron chi connectivity index (χ2n) is 4.65. The lowest BCUT2D eigenvalue weighted by Gasteiger charge is -2.08. The summed E-state index contributed by atoms with van der Waals surface area (Å²) in [4.78, 5) is 16.0. The van der Waals surface area contributed by atoms with Gasteiger partial charge in [-0.3, -0.25) is 14.9 Å². The normalized spacial score (nSPS) is 12.0. The van der Waals surface area contributed by atoms with Crippen molar-refractivity contribution in [2.45, 2.75) is 6.10 Å². The highest BCUT2D eigenvalue weighted by Crippen LogP contribution is 2.16. The highest BCUT2D eigenvalue weighted by atomic mass is 16.4. The number of pyridine rings is 1. The molecule has 112 valence electrons. The molecule has 0 radical (unpaired) electrons. The molecule has 1 amide bonds. The van der Waals surface area contributed by atoms with E-state index >= 15 is 0 Å². The number of hydrogen-bond acceptors (Lipinski definition) is 5. The quantitative estimate of drug-likeness (QED) is 0.662. The molecule has 3 heterocycles. The lowest BCUT2D eigenvalue weighted by atomic mass is 10.2. The Morgan fingerprint density at radius 2 is 2.32 bits per heavy atom. The minimum absolute atomic E-state index is 0.0492. The van der Waals surface area contributed by atoms with Crippen LogP contribution in [-0.4, -0.2) is 32.7 Å². The third-order valence-corrected chi connectivity index (χ3v) is 3.11. The monoisotopic (exact) mass is 298 g/mol. The Morgan fingerprint density at radius 3 is 3.05 bits per heavy atom. The molecule has 3 N–H and O–H groups in total. The fraction of sp³-hybridized carbons (Fsp3) is 0.133. The summed E-state index contributed by atoms with van der Waals surface area (Å²) in [6.45, 7) is 0.0492. The van der Waals surface area contributed by atoms with Crippen LogP contribution in [0.3, 0.4) is 0 Å². The van der Waals surface area contributed by atoms with E-state index in [1.54, 1.807) is 36.7 Å². The van der Waals surface area contributed by atoms with E-state index in [-0.39, 0.29) is 12.5 Å². The molecule has 0 spiro atoms. The summed E-state index contributed by atoms with van der Waals surface area (Å²) in [7, 11) is 0. The van der Waals surface area contributed by atoms with Gasteiger partial charge in [-0.25, -0.2) is 0 Å². The Balaban J connectivity index is 1.62. The molecule has 3 aromatic heterocycles. The number of rotatable bonds is 5. The zero-order valence-electron chi connectivity index (χ0n) is 11.6. The van der Waals surface area contributed by atoms with Gasteiger partial charge in [0.15, 0.2) is 0 Å². The van der Waals surface area contributed by atoms with E-state index < -0.39 is 6.10 Å². The van der Waals surface area contributed by atoms with E-state index in [1.807, 2.05) is 6.07 Å². The van der Waals surface area contributed by atoms with Crippen LogP contribution in [0, 0.1) is 0 Å². The van der Waals surface area contributed by atoms with Crippen molar-refractivity contribution in [2.75, 3.05) is 6.54 Å². The lowest BCUT2D eigenvalue weighted by molar-refractivity contribution is 0.0896. The summed E-state index contributed by atoms with van der Waals surface area (Å²) in [5, 5.41) is 19.2. The van der Waals surface area contributed by atoms with Crippen molar-refractivity contribution in [3.63, 3.8) is 0 Å². The molecule has 0 aromatic carbocycles. The summed E-state index contributed by atoms with van der Waals surface area (Å²) in [6, 6.07) is 8.60. The number of carbonyl (C=O) groups excluding carboxylic acids is 1. The average molecular weight is 298 g/mol. The van der Waals surface area contributed by atoms with Crippen molar-refractivity contribution < 1.29 is 14.3 Å². The molecule has 0 bridgehead atoms. The summed E-state index contributed by atoms with van der Waals surface area (Å²) in [5.74, 6) is 0.0502. The van der Waals surface area contributed by atoms with Crippen molar-refractivity contribution >= 4 is 5.91 Å². The maximum Gasteiger partial charge on any atom is 0.269 e. The van der Waals surface area contributed by atoms with Gasteiger partial charge in [-0.2, -0.15) is 5.10 Å². The molecule has 3 rings (SSSR count). The van der Waals surface area contributed by atoms with Crippen LogP contribution in [0.15, 0.2) is 53.4 Å². The number of amides is 1. The van der Waals surface area contributed by atoms with Gasteiger partial charge in [-0.15, -0.1) is 0 Å². The molecule has 1 atom stereocenters. The predicted molar refractivity (Wildman–Crippen MR) is 77.8 cm³/mol. The molecule has 0 saturated heterocycles. The number of aliphatic hydroxyl groups excluding tert-OH is 1. The number of aromatic amines is 1. The van der Waals surface area contributed by atoms with Gasteiger partial charge in [0.1, 0.15) is 17.6 Å². The Kier molecular flexibility index (Phi) is 3.97. The van der Waals surface area contributed by atoms with Gasteiger partial charge in [0.2, 0.25) is 0 Å². The van der Waals surface area contributed by atoms with Gasteiger partial charge in [-0.05, 0) is 30.3 Å². The van der Waals surface area contributed by atoms with Crippen LogP contribution >= 0.6 is 0 Å². The predicted octanol–water partition coefficient (Wildman–Crippen LogP) is 1.53. The van der Waals surface area contributed by atoms with Crippen molar-refractivity contribution in [1.82, 2.24) is 20.5 Å². The van der Waals surface area contributed by atoms with E-state index in [9.17, 15) is 9.90 Å². The lowest BCUT2D eigenvalue weighted by Crippen LogP contribution is -2.28. The van der Waals surface area contributed by atoms with Crippen molar-refractivity contribution in [3.05, 3.63) is 60.4 Å². The largest absolute Gasteiger partial charge is 0.467 e. The fourth-order valence-electron chi connectivity index (χ4n) is 1.97. The zero-order chi connectivity index (χ0) is 15.4. The van der Waals surface area contributed by atoms with Crippen molar-refractivity contribution in [2.24, 2.45) is 0 Å². The topological polar surface area (TPSA) is 104 Å². The number of nitrogens with zero attached hydrogens (tertiary/aromatic N) is 2. The number of H-pyrrole nitrogens is 1. The minimum atomic E-state index is -0.889. The first-order valence-corrected chi connectivity index (χ1v) is 6.69. The van der Waals surface area contributed by atoms with Gasteiger partial charge in [-0.1, -0.05) is 0 Å². The van der Waals surface area contributed by atoms with Crippen LogP contribution in [0.2, 0.25) is 0 Å². The highest BCUT2D eigenvalue weighted by molar-refractivity contribution is 5.93. The molecule has 7 nitrogen and oxygen atoms in total. The van der Waals surface area contributed by atoms with Gasteiger partial charge < -0.3 is 14.8 Å². The SMILES string of the molecule is O=C(NCC(O)c1ccco1)c1cc(-c2cccnc2)n[nH]1. The molecule has 3 aromatic rings. The fourth-order valence-corrected chi connectivity index (χ4v) is 1.97. The van der Waals surface area contributed by atoms with Gasteiger partial charge in [0.25, 0.3) is 5.91 Å². The molecule has 0 aliphatic rings. The van der Waals surface area contributed by atoms with E-state index in [1.165, 1.54) is 6.26 Å². The number of hydrogen-bond donors (Lipinski definition) is 3. The molecule has 0 aliphatic heterocycles. The van der Waals surface area contributed by atoms with Crippen LogP contribution in [-0.2, 0) is 0 Å². The summed E-state index contributed by atoms with van der Waals surface area (Å²) >= 11 is 0. The second-order valence-corrected chi connectivity index (χ2v) is 4.65. The van der Waals surface area contributed by atoms with Crippen LogP contribution in [0.5, 0.6) is 0 Å². The summed E-state index contributed by atoms with van der Waals surface area (Å²) in [6.07, 6.45) is 3.91. The molecule has 22 heavy (non-hydrogen) atoms. The average Bonchev–Trinajstić information content (AvgIpc) is 3.24. The third-order valence-electron chi connectivity index (χ3n) is 3.11. The summed E-state index contributed by atoms with van der Waals surface area (Å²) in [5.41, 5.74) is 1.75. The number of furan rings is 1. The Hall–Kier alpha value is -2.93. The molecular formula is C15H14N4O3. The summed E-state index contributed by atoms with van der Waals surface area (Å²) < 4.78 is 5.07. The minimum Gasteiger partial charge on any atom is -0.467 e. The molecule has 0 saturated carbocycles. The Morgan fingerprint density at radius 1 is 1.41 bits per heavy atom. The van der Waals surface area contributed by atoms with E-state index in [4.69, 9.17) is 4.42 Å². The number of nitrogens with one attached hydrogen (secondary N) is 2. The number of carbonyl (C=O) groups is 1. The van der Waals surface area contributed by atoms with Crippen LogP contribution in [0.4, 0.5) is 0 Å². The van der Waals surface area contributed by atoms with E-state index in [0.717, 1.165) is 5.56 Å². The third kappa shape index (κ3) is 3.04. The highest BCUT2D eigenvalue weighted by Gasteiger charge is 2.15. The number of aromatic nitrogens is 3. The molecular weight excluding hydrogens is 284 g/mol. The van der Waals surface area contributed by atoms with Gasteiger partial charge in [0.05, 0.1) is 18.5 Å². The van der Waals surface area contributed by atoms with Crippen molar-refractivity contribution in [3.8, 4) is 11.3 Å². The zero-order valence-corrected chi connectivity index (χ0v) is 11.6. The standard InChI is InChI=1S/C15H14N4O3/c20-13(14-4-2-6-22-14)9-17-15(21)12-7-11(18-19-12)10-3-1-5-16-8-10/h1-8,13,20H,9H2,(H,17,21)(H,18,19). The van der Waals surface area contributed by atoms with Gasteiger partial charge >= 0.3 is 0 Å². The van der Waals surface area contributed by atoms with Crippen LogP contribution in [0.1, 0.15) is 22.4 Å². The Labute approximate surface area is 126 Å². The van der Waals surface area contributed by atoms with E-state index in [0.29, 0.717) is 17.1 Å². The maximum absolute atomic E-state index is 12.0. The number of aliphatic hydroxyl groups is 1. The van der Waals surface area contributed by atoms with Crippen LogP contribution in [0.25, 0.3) is 11.3 Å². The first kappa shape index (κ1) is 14.0. The van der Waals surface area contributed by atoms with Crippen molar-refractivity contribution in [1.29, 1.82) is 0 Å². The van der Waals surface area contributed by atoms with Gasteiger partial charge in [0, 0.05) is 18.0 Å². The van der Waals surface area contributed by atoms with E-state index in [2.05, 4.69) is 20.5 Å². The molecule has 7 heteroatoms. The smallest absolute Gasteiger partial charge is 0.269 e. The molecule has 1 unspecified atom stereocenters. The molecule has 0 fully saturated rings. The first-order valence-electron chi connectivity index (χ1n) is 6.69. The first-order chi connectivity index (χ1) is 10.7. The molecule has 0 aliphatic carbocycles. The second kappa shape index (κ2) is 6.23. The maximum atomic E-state index is 12.0. The van der Waals surface area contributed by atoms with Crippen LogP contribution < -0.4 is 5.32 Å². The Bertz CT molecular complexity index is 737.